The lowest BCUT2D eigenvalue weighted by atomic mass is 10.2. The summed E-state index contributed by atoms with van der Waals surface area (Å²) in [6.45, 7) is 1.57. The van der Waals surface area contributed by atoms with Crippen molar-refractivity contribution in [1.29, 1.82) is 0 Å². The van der Waals surface area contributed by atoms with Crippen LogP contribution in [0, 0.1) is 10.1 Å². The van der Waals surface area contributed by atoms with Crippen LogP contribution in [0.1, 0.15) is 19.3 Å². The molecule has 0 radical (unpaired) electrons. The van der Waals surface area contributed by atoms with E-state index < -0.39 is 4.92 Å². The Kier molecular flexibility index (Phi) is 3.99. The van der Waals surface area contributed by atoms with Gasteiger partial charge in [0.05, 0.1) is 11.0 Å². The van der Waals surface area contributed by atoms with Crippen LogP contribution in [0.15, 0.2) is 18.2 Å². The summed E-state index contributed by atoms with van der Waals surface area (Å²) in [5.74, 6) is 0. The van der Waals surface area contributed by atoms with Crippen molar-refractivity contribution in [1.82, 2.24) is 0 Å². The molecular weight excluding hydrogens is 234 g/mol. The molecule has 98 valence electrons. The number of nitrogens with zero attached hydrogens (tertiary/aromatic N) is 1. The largest absolute Gasteiger partial charge is 0.398 e. The van der Waals surface area contributed by atoms with Crippen LogP contribution in [0.3, 0.4) is 0 Å². The maximum absolute atomic E-state index is 10.7. The number of hydrogen-bond donors (Lipinski definition) is 2. The number of nitro groups is 1. The average molecular weight is 251 g/mol. The van der Waals surface area contributed by atoms with Crippen molar-refractivity contribution in [3.63, 3.8) is 0 Å². The zero-order valence-corrected chi connectivity index (χ0v) is 10.1. The van der Waals surface area contributed by atoms with Crippen molar-refractivity contribution < 1.29 is 9.66 Å². The maximum Gasteiger partial charge on any atom is 0.273 e. The Labute approximate surface area is 105 Å². The Balaban J connectivity index is 1.89. The quantitative estimate of drug-likeness (QED) is 0.475. The number of rotatable bonds is 5. The fourth-order valence-electron chi connectivity index (χ4n) is 2.09. The van der Waals surface area contributed by atoms with Crippen LogP contribution in [0.25, 0.3) is 0 Å². The topological polar surface area (TPSA) is 90.4 Å². The predicted molar refractivity (Wildman–Crippen MR) is 69.6 cm³/mol. The molecule has 1 aliphatic rings. The van der Waals surface area contributed by atoms with Gasteiger partial charge in [-0.25, -0.2) is 0 Å². The van der Waals surface area contributed by atoms with E-state index in [1.165, 1.54) is 12.1 Å². The standard InChI is InChI=1S/C12H17N3O3/c13-9-6-10(8-11(7-9)15(16)17)14-4-3-12-2-1-5-18-12/h6-8,12,14H,1-5,13H2. The third kappa shape index (κ3) is 3.33. The van der Waals surface area contributed by atoms with Crippen LogP contribution >= 0.6 is 0 Å². The van der Waals surface area contributed by atoms with Gasteiger partial charge in [-0.1, -0.05) is 0 Å². The van der Waals surface area contributed by atoms with Gasteiger partial charge in [0.25, 0.3) is 5.69 Å². The summed E-state index contributed by atoms with van der Waals surface area (Å²) < 4.78 is 5.50. The Morgan fingerprint density at radius 3 is 3.00 bits per heavy atom. The maximum atomic E-state index is 10.7. The Bertz CT molecular complexity index is 431. The van der Waals surface area contributed by atoms with E-state index in [1.807, 2.05) is 0 Å². The molecule has 6 nitrogen and oxygen atoms in total. The summed E-state index contributed by atoms with van der Waals surface area (Å²) in [6.07, 6.45) is 3.43. The zero-order chi connectivity index (χ0) is 13.0. The number of benzene rings is 1. The second-order valence-electron chi connectivity index (χ2n) is 4.42. The molecule has 0 spiro atoms. The van der Waals surface area contributed by atoms with Gasteiger partial charge in [-0.2, -0.15) is 0 Å². The van der Waals surface area contributed by atoms with E-state index >= 15 is 0 Å². The summed E-state index contributed by atoms with van der Waals surface area (Å²) in [5, 5.41) is 13.8. The molecule has 1 aromatic rings. The van der Waals surface area contributed by atoms with Crippen LogP contribution in [-0.4, -0.2) is 24.2 Å². The number of non-ortho nitro benzene ring substituents is 1. The number of nitrogens with two attached hydrogens (primary N) is 1. The molecule has 1 aliphatic heterocycles. The van der Waals surface area contributed by atoms with Crippen molar-refractivity contribution in [2.75, 3.05) is 24.2 Å². The fourth-order valence-corrected chi connectivity index (χ4v) is 2.09. The molecule has 1 unspecified atom stereocenters. The van der Waals surface area contributed by atoms with Crippen LogP contribution in [-0.2, 0) is 4.74 Å². The molecular formula is C12H17N3O3. The second-order valence-corrected chi connectivity index (χ2v) is 4.42. The smallest absolute Gasteiger partial charge is 0.273 e. The highest BCUT2D eigenvalue weighted by molar-refractivity contribution is 5.61. The van der Waals surface area contributed by atoms with Crippen LogP contribution in [0.2, 0.25) is 0 Å². The molecule has 1 aromatic carbocycles. The first-order valence-electron chi connectivity index (χ1n) is 6.05. The molecule has 6 heteroatoms. The molecule has 0 bridgehead atoms. The van der Waals surface area contributed by atoms with Crippen LogP contribution in [0.4, 0.5) is 17.1 Å². The van der Waals surface area contributed by atoms with E-state index in [0.29, 0.717) is 17.5 Å². The number of ether oxygens (including phenoxy) is 1. The summed E-state index contributed by atoms with van der Waals surface area (Å²) in [4.78, 5) is 10.2. The molecule has 3 N–H and O–H groups in total. The first-order valence-corrected chi connectivity index (χ1v) is 6.05. The van der Waals surface area contributed by atoms with Gasteiger partial charge >= 0.3 is 0 Å². The van der Waals surface area contributed by atoms with Gasteiger partial charge in [0.1, 0.15) is 0 Å². The first-order chi connectivity index (χ1) is 8.65. The van der Waals surface area contributed by atoms with E-state index in [0.717, 1.165) is 32.4 Å². The molecule has 0 amide bonds. The average Bonchev–Trinajstić information content (AvgIpc) is 2.81. The zero-order valence-electron chi connectivity index (χ0n) is 10.1. The number of anilines is 2. The summed E-state index contributed by atoms with van der Waals surface area (Å²) in [5.41, 5.74) is 6.70. The lowest BCUT2D eigenvalue weighted by molar-refractivity contribution is -0.384. The molecule has 0 aromatic heterocycles. The Morgan fingerprint density at radius 2 is 2.33 bits per heavy atom. The number of nitrogens with one attached hydrogen (secondary N) is 1. The lowest BCUT2D eigenvalue weighted by Gasteiger charge is -2.11. The molecule has 0 saturated carbocycles. The van der Waals surface area contributed by atoms with E-state index in [4.69, 9.17) is 10.5 Å². The highest BCUT2D eigenvalue weighted by Crippen LogP contribution is 2.22. The van der Waals surface area contributed by atoms with Gasteiger partial charge in [0.2, 0.25) is 0 Å². The van der Waals surface area contributed by atoms with E-state index in [-0.39, 0.29) is 5.69 Å². The minimum Gasteiger partial charge on any atom is -0.398 e. The SMILES string of the molecule is Nc1cc(NCCC2CCCO2)cc([N+](=O)[O-])c1. The minimum absolute atomic E-state index is 0.00890. The van der Waals surface area contributed by atoms with Crippen molar-refractivity contribution >= 4 is 17.1 Å². The van der Waals surface area contributed by atoms with E-state index in [9.17, 15) is 10.1 Å². The molecule has 1 fully saturated rings. The van der Waals surface area contributed by atoms with Gasteiger partial charge in [0, 0.05) is 36.7 Å². The highest BCUT2D eigenvalue weighted by Gasteiger charge is 2.15. The number of nitro benzene ring substituents is 1. The first kappa shape index (κ1) is 12.6. The highest BCUT2D eigenvalue weighted by atomic mass is 16.6. The molecule has 1 atom stereocenters. The van der Waals surface area contributed by atoms with Crippen molar-refractivity contribution in [2.24, 2.45) is 0 Å². The molecule has 1 saturated heterocycles. The van der Waals surface area contributed by atoms with Gasteiger partial charge in [-0.3, -0.25) is 10.1 Å². The third-order valence-corrected chi connectivity index (χ3v) is 2.97. The van der Waals surface area contributed by atoms with E-state index in [1.54, 1.807) is 6.07 Å². The van der Waals surface area contributed by atoms with Gasteiger partial charge in [-0.15, -0.1) is 0 Å². The molecule has 2 rings (SSSR count). The minimum atomic E-state index is -0.443. The molecule has 18 heavy (non-hydrogen) atoms. The van der Waals surface area contributed by atoms with Gasteiger partial charge < -0.3 is 15.8 Å². The summed E-state index contributed by atoms with van der Waals surface area (Å²) >= 11 is 0. The van der Waals surface area contributed by atoms with Crippen LogP contribution in [0.5, 0.6) is 0 Å². The number of hydrogen-bond acceptors (Lipinski definition) is 5. The molecule has 0 aliphatic carbocycles. The number of nitrogen functional groups attached to an aromatic ring is 1. The Hall–Kier alpha value is -1.82. The lowest BCUT2D eigenvalue weighted by Crippen LogP contribution is -2.12. The van der Waals surface area contributed by atoms with Crippen molar-refractivity contribution in [2.45, 2.75) is 25.4 Å². The van der Waals surface area contributed by atoms with Crippen molar-refractivity contribution in [3.8, 4) is 0 Å². The van der Waals surface area contributed by atoms with E-state index in [2.05, 4.69) is 5.32 Å². The molecule has 1 heterocycles. The van der Waals surface area contributed by atoms with Gasteiger partial charge in [-0.05, 0) is 25.3 Å². The fraction of sp³-hybridized carbons (Fsp3) is 0.500. The van der Waals surface area contributed by atoms with Crippen LogP contribution < -0.4 is 11.1 Å². The third-order valence-electron chi connectivity index (χ3n) is 2.97. The summed E-state index contributed by atoms with van der Waals surface area (Å²) in [7, 11) is 0. The van der Waals surface area contributed by atoms with Gasteiger partial charge in [0.15, 0.2) is 0 Å². The summed E-state index contributed by atoms with van der Waals surface area (Å²) in [6, 6.07) is 4.54. The predicted octanol–water partition coefficient (Wildman–Crippen LogP) is 2.16. The second kappa shape index (κ2) is 5.68. The normalized spacial score (nSPS) is 18.8. The van der Waals surface area contributed by atoms with Crippen molar-refractivity contribution in [3.05, 3.63) is 28.3 Å². The Morgan fingerprint density at radius 1 is 1.50 bits per heavy atom. The monoisotopic (exact) mass is 251 g/mol.